The Morgan fingerprint density at radius 3 is 2.86 bits per heavy atom. The second-order valence-electron chi connectivity index (χ2n) is 4.08. The highest BCUT2D eigenvalue weighted by atomic mass is 19.1. The van der Waals surface area contributed by atoms with Crippen LogP contribution in [0.25, 0.3) is 0 Å². The van der Waals surface area contributed by atoms with E-state index in [0.717, 1.165) is 6.42 Å². The van der Waals surface area contributed by atoms with E-state index in [9.17, 15) is 9.18 Å². The van der Waals surface area contributed by atoms with Gasteiger partial charge < -0.3 is 10.6 Å². The minimum absolute atomic E-state index is 0.0666. The molecule has 3 nitrogen and oxygen atoms in total. The molecule has 0 aliphatic carbocycles. The van der Waals surface area contributed by atoms with E-state index in [1.807, 2.05) is 13.8 Å². The van der Waals surface area contributed by atoms with Crippen LogP contribution < -0.4 is 5.73 Å². The molecule has 2 N–H and O–H groups in total. The molecule has 4 heteroatoms. The van der Waals surface area contributed by atoms with Crippen LogP contribution in [0.4, 0.5) is 4.39 Å². The number of hydrogen-bond donors (Lipinski definition) is 1. The van der Waals surface area contributed by atoms with Gasteiger partial charge in [0.25, 0.3) is 0 Å². The summed E-state index contributed by atoms with van der Waals surface area (Å²) >= 11 is 0. The SMILES string of the molecule is CC[C@@H](N)C(=O)N1CCC(C)C(F)C1. The molecular weight excluding hydrogens is 183 g/mol. The number of alkyl halides is 1. The number of likely N-dealkylation sites (tertiary alicyclic amines) is 1. The van der Waals surface area contributed by atoms with E-state index >= 15 is 0 Å². The third kappa shape index (κ3) is 2.44. The molecule has 2 unspecified atom stereocenters. The van der Waals surface area contributed by atoms with Crippen LogP contribution in [0.2, 0.25) is 0 Å². The Morgan fingerprint density at radius 1 is 1.71 bits per heavy atom. The summed E-state index contributed by atoms with van der Waals surface area (Å²) in [6.07, 6.45) is 0.460. The molecule has 0 spiro atoms. The maximum absolute atomic E-state index is 13.3. The lowest BCUT2D eigenvalue weighted by molar-refractivity contribution is -0.135. The maximum atomic E-state index is 13.3. The number of rotatable bonds is 2. The third-order valence-electron chi connectivity index (χ3n) is 2.94. The van der Waals surface area contributed by atoms with Crippen molar-refractivity contribution in [3.63, 3.8) is 0 Å². The molecule has 1 amide bonds. The van der Waals surface area contributed by atoms with Gasteiger partial charge in [0, 0.05) is 6.54 Å². The summed E-state index contributed by atoms with van der Waals surface area (Å²) in [5, 5.41) is 0. The lowest BCUT2D eigenvalue weighted by Crippen LogP contribution is -2.50. The molecule has 1 heterocycles. The van der Waals surface area contributed by atoms with Gasteiger partial charge >= 0.3 is 0 Å². The maximum Gasteiger partial charge on any atom is 0.239 e. The molecule has 3 atom stereocenters. The minimum Gasteiger partial charge on any atom is -0.338 e. The second-order valence-corrected chi connectivity index (χ2v) is 4.08. The third-order valence-corrected chi connectivity index (χ3v) is 2.94. The predicted octanol–water partition coefficient (Wildman–Crippen LogP) is 0.930. The van der Waals surface area contributed by atoms with Gasteiger partial charge in [0.15, 0.2) is 0 Å². The van der Waals surface area contributed by atoms with E-state index in [-0.39, 0.29) is 18.4 Å². The zero-order valence-electron chi connectivity index (χ0n) is 8.87. The number of amides is 1. The molecule has 1 saturated heterocycles. The lowest BCUT2D eigenvalue weighted by Gasteiger charge is -2.34. The van der Waals surface area contributed by atoms with Crippen LogP contribution in [-0.2, 0) is 4.79 Å². The smallest absolute Gasteiger partial charge is 0.239 e. The fraction of sp³-hybridized carbons (Fsp3) is 0.900. The first-order valence-corrected chi connectivity index (χ1v) is 5.24. The first-order chi connectivity index (χ1) is 6.56. The zero-order valence-corrected chi connectivity index (χ0v) is 8.87. The van der Waals surface area contributed by atoms with Crippen LogP contribution in [0.15, 0.2) is 0 Å². The van der Waals surface area contributed by atoms with Crippen LogP contribution >= 0.6 is 0 Å². The highest BCUT2D eigenvalue weighted by Crippen LogP contribution is 2.20. The Balaban J connectivity index is 2.50. The number of nitrogens with two attached hydrogens (primary N) is 1. The van der Waals surface area contributed by atoms with Crippen LogP contribution in [0.5, 0.6) is 0 Å². The van der Waals surface area contributed by atoms with Crippen LogP contribution in [-0.4, -0.2) is 36.1 Å². The van der Waals surface area contributed by atoms with Crippen molar-refractivity contribution in [2.45, 2.75) is 38.9 Å². The van der Waals surface area contributed by atoms with Gasteiger partial charge in [0.2, 0.25) is 5.91 Å². The fourth-order valence-electron chi connectivity index (χ4n) is 1.63. The van der Waals surface area contributed by atoms with Crippen molar-refractivity contribution in [3.05, 3.63) is 0 Å². The Bertz CT molecular complexity index is 210. The highest BCUT2D eigenvalue weighted by molar-refractivity contribution is 5.81. The Morgan fingerprint density at radius 2 is 2.36 bits per heavy atom. The predicted molar refractivity (Wildman–Crippen MR) is 53.5 cm³/mol. The van der Waals surface area contributed by atoms with Crippen molar-refractivity contribution < 1.29 is 9.18 Å². The van der Waals surface area contributed by atoms with Crippen molar-refractivity contribution in [2.75, 3.05) is 13.1 Å². The topological polar surface area (TPSA) is 46.3 Å². The first-order valence-electron chi connectivity index (χ1n) is 5.24. The van der Waals surface area contributed by atoms with E-state index in [1.165, 1.54) is 0 Å². The first kappa shape index (κ1) is 11.4. The Hall–Kier alpha value is -0.640. The number of carbonyl (C=O) groups is 1. The molecular formula is C10H19FN2O. The highest BCUT2D eigenvalue weighted by Gasteiger charge is 2.30. The standard InChI is InChI=1S/C10H19FN2O/c1-3-9(12)10(14)13-5-4-7(2)8(11)6-13/h7-9H,3-6,12H2,1-2H3/t7?,8?,9-/m1/s1. The summed E-state index contributed by atoms with van der Waals surface area (Å²) in [7, 11) is 0. The monoisotopic (exact) mass is 202 g/mol. The minimum atomic E-state index is -0.892. The number of carbonyl (C=O) groups excluding carboxylic acids is 1. The van der Waals surface area contributed by atoms with Gasteiger partial charge in [-0.3, -0.25) is 4.79 Å². The van der Waals surface area contributed by atoms with Gasteiger partial charge in [-0.15, -0.1) is 0 Å². The van der Waals surface area contributed by atoms with E-state index in [2.05, 4.69) is 0 Å². The molecule has 1 fully saturated rings. The zero-order chi connectivity index (χ0) is 10.7. The van der Waals surface area contributed by atoms with Crippen LogP contribution in [0, 0.1) is 5.92 Å². The summed E-state index contributed by atoms with van der Waals surface area (Å²) in [5.74, 6) is -0.0426. The molecule has 1 aliphatic heterocycles. The number of halogens is 1. The van der Waals surface area contributed by atoms with Crippen LogP contribution in [0.3, 0.4) is 0 Å². The molecule has 0 saturated carbocycles. The van der Waals surface area contributed by atoms with E-state index in [1.54, 1.807) is 4.90 Å². The van der Waals surface area contributed by atoms with Crippen molar-refractivity contribution in [2.24, 2.45) is 11.7 Å². The van der Waals surface area contributed by atoms with Crippen molar-refractivity contribution >= 4 is 5.91 Å². The molecule has 0 aromatic rings. The van der Waals surface area contributed by atoms with Gasteiger partial charge in [-0.25, -0.2) is 4.39 Å². The largest absolute Gasteiger partial charge is 0.338 e. The summed E-state index contributed by atoms with van der Waals surface area (Å²) in [6, 6.07) is -0.462. The molecule has 0 radical (unpaired) electrons. The summed E-state index contributed by atoms with van der Waals surface area (Å²) < 4.78 is 13.3. The molecule has 0 aromatic carbocycles. The molecule has 14 heavy (non-hydrogen) atoms. The Labute approximate surface area is 84.4 Å². The summed E-state index contributed by atoms with van der Waals surface area (Å²) in [5.41, 5.74) is 5.61. The number of nitrogens with zero attached hydrogens (tertiary/aromatic N) is 1. The quantitative estimate of drug-likeness (QED) is 0.724. The molecule has 0 aromatic heterocycles. The van der Waals surface area contributed by atoms with Gasteiger partial charge in [-0.2, -0.15) is 0 Å². The van der Waals surface area contributed by atoms with Crippen LogP contribution in [0.1, 0.15) is 26.7 Å². The average molecular weight is 202 g/mol. The summed E-state index contributed by atoms with van der Waals surface area (Å²) in [6.45, 7) is 4.61. The molecule has 82 valence electrons. The normalized spacial score (nSPS) is 30.1. The van der Waals surface area contributed by atoms with Gasteiger partial charge in [-0.1, -0.05) is 13.8 Å². The Kier molecular flexibility index (Phi) is 3.86. The lowest BCUT2D eigenvalue weighted by atomic mass is 9.96. The van der Waals surface area contributed by atoms with E-state index in [4.69, 9.17) is 5.73 Å². The number of hydrogen-bond acceptors (Lipinski definition) is 2. The van der Waals surface area contributed by atoms with E-state index < -0.39 is 12.2 Å². The number of piperidine rings is 1. The fourth-order valence-corrected chi connectivity index (χ4v) is 1.63. The molecule has 0 bridgehead atoms. The molecule has 1 rings (SSSR count). The van der Waals surface area contributed by atoms with Gasteiger partial charge in [0.05, 0.1) is 12.6 Å². The van der Waals surface area contributed by atoms with Gasteiger partial charge in [0.1, 0.15) is 6.17 Å². The van der Waals surface area contributed by atoms with Crippen molar-refractivity contribution in [1.29, 1.82) is 0 Å². The summed E-state index contributed by atoms with van der Waals surface area (Å²) in [4.78, 5) is 13.2. The van der Waals surface area contributed by atoms with E-state index in [0.29, 0.717) is 13.0 Å². The van der Waals surface area contributed by atoms with Gasteiger partial charge in [-0.05, 0) is 18.8 Å². The van der Waals surface area contributed by atoms with Crippen molar-refractivity contribution in [1.82, 2.24) is 4.90 Å². The second kappa shape index (κ2) is 4.73. The average Bonchev–Trinajstić information content (AvgIpc) is 2.20. The molecule has 1 aliphatic rings. The van der Waals surface area contributed by atoms with Crippen molar-refractivity contribution in [3.8, 4) is 0 Å².